The van der Waals surface area contributed by atoms with Gasteiger partial charge < -0.3 is 4.90 Å². The number of hydrogen-bond donors (Lipinski definition) is 0. The SMILES string of the molecule is Br.CN1C=CC(CC(c2ccccc2)c2ccccc2)=CC1. The van der Waals surface area contributed by atoms with Crippen molar-refractivity contribution in [2.24, 2.45) is 0 Å². The molecule has 1 heterocycles. The highest BCUT2D eigenvalue weighted by molar-refractivity contribution is 8.93. The molecule has 0 saturated carbocycles. The van der Waals surface area contributed by atoms with Crippen LogP contribution in [0.2, 0.25) is 0 Å². The van der Waals surface area contributed by atoms with Gasteiger partial charge in [0.1, 0.15) is 0 Å². The van der Waals surface area contributed by atoms with Gasteiger partial charge in [0.2, 0.25) is 0 Å². The molecule has 1 nitrogen and oxygen atoms in total. The zero-order chi connectivity index (χ0) is 14.5. The predicted molar refractivity (Wildman–Crippen MR) is 99.5 cm³/mol. The van der Waals surface area contributed by atoms with Crippen LogP contribution >= 0.6 is 17.0 Å². The highest BCUT2D eigenvalue weighted by atomic mass is 79.9. The molecule has 0 aromatic heterocycles. The van der Waals surface area contributed by atoms with Gasteiger partial charge >= 0.3 is 0 Å². The van der Waals surface area contributed by atoms with Gasteiger partial charge in [-0.05, 0) is 35.4 Å². The molecule has 22 heavy (non-hydrogen) atoms. The van der Waals surface area contributed by atoms with Crippen LogP contribution in [0.25, 0.3) is 0 Å². The summed E-state index contributed by atoms with van der Waals surface area (Å²) in [5.41, 5.74) is 4.19. The van der Waals surface area contributed by atoms with Crippen LogP contribution in [0.4, 0.5) is 0 Å². The first kappa shape index (κ1) is 16.6. The first-order chi connectivity index (χ1) is 10.3. The van der Waals surface area contributed by atoms with E-state index in [9.17, 15) is 0 Å². The monoisotopic (exact) mass is 355 g/mol. The molecule has 1 aliphatic rings. The lowest BCUT2D eigenvalue weighted by Gasteiger charge is -2.22. The van der Waals surface area contributed by atoms with Gasteiger partial charge in [-0.25, -0.2) is 0 Å². The van der Waals surface area contributed by atoms with Crippen molar-refractivity contribution in [1.29, 1.82) is 0 Å². The summed E-state index contributed by atoms with van der Waals surface area (Å²) in [7, 11) is 2.11. The Balaban J connectivity index is 0.00000176. The standard InChI is InChI=1S/C20H21N.BrH/c1-21-14-12-17(13-15-21)16-20(18-8-4-2-5-9-18)19-10-6-3-7-11-19;/h2-14,20H,15-16H2,1H3;1H. The van der Waals surface area contributed by atoms with E-state index in [1.807, 2.05) is 0 Å². The highest BCUT2D eigenvalue weighted by Crippen LogP contribution is 2.31. The fourth-order valence-corrected chi connectivity index (χ4v) is 2.80. The average molecular weight is 356 g/mol. The Kier molecular flexibility index (Phi) is 6.02. The number of halogens is 1. The lowest BCUT2D eigenvalue weighted by molar-refractivity contribution is 0.500. The normalized spacial score (nSPS) is 13.7. The van der Waals surface area contributed by atoms with E-state index in [1.54, 1.807) is 0 Å². The fraction of sp³-hybridized carbons (Fsp3) is 0.200. The number of likely N-dealkylation sites (N-methyl/N-ethyl adjacent to an activating group) is 1. The van der Waals surface area contributed by atoms with E-state index in [1.165, 1.54) is 16.7 Å². The molecule has 2 aromatic carbocycles. The zero-order valence-electron chi connectivity index (χ0n) is 12.9. The van der Waals surface area contributed by atoms with E-state index in [-0.39, 0.29) is 17.0 Å². The van der Waals surface area contributed by atoms with Gasteiger partial charge in [0.15, 0.2) is 0 Å². The zero-order valence-corrected chi connectivity index (χ0v) is 14.6. The molecule has 0 radical (unpaired) electrons. The van der Waals surface area contributed by atoms with Gasteiger partial charge in [-0.15, -0.1) is 17.0 Å². The summed E-state index contributed by atoms with van der Waals surface area (Å²) in [6, 6.07) is 21.6. The molecule has 0 N–H and O–H groups in total. The molecular formula is C20H22BrN. The Morgan fingerprint density at radius 3 is 1.91 bits per heavy atom. The summed E-state index contributed by atoms with van der Waals surface area (Å²) in [5, 5.41) is 0. The molecule has 0 fully saturated rings. The first-order valence-electron chi connectivity index (χ1n) is 7.50. The summed E-state index contributed by atoms with van der Waals surface area (Å²) in [6.07, 6.45) is 7.79. The number of allylic oxidation sites excluding steroid dienone is 2. The van der Waals surface area contributed by atoms with Gasteiger partial charge in [-0.2, -0.15) is 0 Å². The maximum Gasteiger partial charge on any atom is 0.0356 e. The minimum Gasteiger partial charge on any atom is -0.377 e. The summed E-state index contributed by atoms with van der Waals surface area (Å²) in [4.78, 5) is 2.20. The van der Waals surface area contributed by atoms with Crippen molar-refractivity contribution in [2.45, 2.75) is 12.3 Å². The molecule has 2 aromatic rings. The van der Waals surface area contributed by atoms with Gasteiger partial charge in [-0.3, -0.25) is 0 Å². The van der Waals surface area contributed by atoms with Crippen LogP contribution < -0.4 is 0 Å². The molecule has 0 saturated heterocycles. The van der Waals surface area contributed by atoms with Crippen LogP contribution in [-0.4, -0.2) is 18.5 Å². The Morgan fingerprint density at radius 1 is 0.909 bits per heavy atom. The fourth-order valence-electron chi connectivity index (χ4n) is 2.80. The minimum absolute atomic E-state index is 0. The summed E-state index contributed by atoms with van der Waals surface area (Å²) < 4.78 is 0. The molecule has 2 heteroatoms. The lowest BCUT2D eigenvalue weighted by atomic mass is 9.85. The quantitative estimate of drug-likeness (QED) is 0.730. The summed E-state index contributed by atoms with van der Waals surface area (Å²) in [6.45, 7) is 1.00. The first-order valence-corrected chi connectivity index (χ1v) is 7.50. The predicted octanol–water partition coefficient (Wildman–Crippen LogP) is 5.17. The Morgan fingerprint density at radius 2 is 1.45 bits per heavy atom. The van der Waals surface area contributed by atoms with Gasteiger partial charge in [-0.1, -0.05) is 66.7 Å². The minimum atomic E-state index is 0. The third-order valence-corrected chi connectivity index (χ3v) is 4.03. The summed E-state index contributed by atoms with van der Waals surface area (Å²) in [5.74, 6) is 0.423. The van der Waals surface area contributed by atoms with E-state index in [2.05, 4.69) is 91.0 Å². The van der Waals surface area contributed by atoms with Crippen molar-refractivity contribution in [3.63, 3.8) is 0 Å². The van der Waals surface area contributed by atoms with E-state index < -0.39 is 0 Å². The second-order valence-corrected chi connectivity index (χ2v) is 5.61. The molecule has 0 atom stereocenters. The molecular weight excluding hydrogens is 334 g/mol. The van der Waals surface area contributed by atoms with Crippen molar-refractivity contribution < 1.29 is 0 Å². The third-order valence-electron chi connectivity index (χ3n) is 4.03. The van der Waals surface area contributed by atoms with Crippen LogP contribution in [0, 0.1) is 0 Å². The smallest absolute Gasteiger partial charge is 0.0356 e. The maximum absolute atomic E-state index is 2.33. The maximum atomic E-state index is 2.33. The molecule has 0 amide bonds. The molecule has 1 aliphatic heterocycles. The summed E-state index contributed by atoms with van der Waals surface area (Å²) >= 11 is 0. The lowest BCUT2D eigenvalue weighted by Crippen LogP contribution is -2.14. The average Bonchev–Trinajstić information content (AvgIpc) is 2.56. The molecule has 0 aliphatic carbocycles. The van der Waals surface area contributed by atoms with E-state index in [4.69, 9.17) is 0 Å². The van der Waals surface area contributed by atoms with Crippen LogP contribution in [-0.2, 0) is 0 Å². The Bertz CT molecular complexity index is 592. The number of hydrogen-bond acceptors (Lipinski definition) is 1. The van der Waals surface area contributed by atoms with E-state index >= 15 is 0 Å². The van der Waals surface area contributed by atoms with Crippen LogP contribution in [0.3, 0.4) is 0 Å². The second kappa shape index (κ2) is 8.00. The van der Waals surface area contributed by atoms with Gasteiger partial charge in [0.05, 0.1) is 0 Å². The molecule has 114 valence electrons. The largest absolute Gasteiger partial charge is 0.377 e. The van der Waals surface area contributed by atoms with E-state index in [0.29, 0.717) is 5.92 Å². The number of benzene rings is 2. The van der Waals surface area contributed by atoms with Crippen LogP contribution in [0.5, 0.6) is 0 Å². The highest BCUT2D eigenvalue weighted by Gasteiger charge is 2.15. The van der Waals surface area contributed by atoms with Crippen LogP contribution in [0.1, 0.15) is 23.5 Å². The number of rotatable bonds is 4. The van der Waals surface area contributed by atoms with Gasteiger partial charge in [0, 0.05) is 19.5 Å². The van der Waals surface area contributed by atoms with Crippen molar-refractivity contribution in [3.8, 4) is 0 Å². The van der Waals surface area contributed by atoms with Crippen molar-refractivity contribution in [3.05, 3.63) is 95.7 Å². The van der Waals surface area contributed by atoms with Crippen molar-refractivity contribution in [2.75, 3.05) is 13.6 Å². The third kappa shape index (κ3) is 4.11. The van der Waals surface area contributed by atoms with Gasteiger partial charge in [0.25, 0.3) is 0 Å². The number of nitrogens with zero attached hydrogens (tertiary/aromatic N) is 1. The second-order valence-electron chi connectivity index (χ2n) is 5.61. The van der Waals surface area contributed by atoms with Crippen molar-refractivity contribution >= 4 is 17.0 Å². The van der Waals surface area contributed by atoms with Crippen LogP contribution in [0.15, 0.2) is 84.6 Å². The molecule has 3 rings (SSSR count). The molecule has 0 spiro atoms. The molecule has 0 unspecified atom stereocenters. The molecule has 0 bridgehead atoms. The topological polar surface area (TPSA) is 3.24 Å². The Labute approximate surface area is 143 Å². The Hall–Kier alpha value is -1.80. The van der Waals surface area contributed by atoms with E-state index in [0.717, 1.165) is 13.0 Å². The van der Waals surface area contributed by atoms with Crippen molar-refractivity contribution in [1.82, 2.24) is 4.90 Å².